The standard InChI is InChI=1S/C11H17N3O2/c1-2-8-10(12)13-9(14-11(8)15)6-7-4-3-5-16-7/h7H,2-6H2,1H3,(H3,12,13,14,15). The highest BCUT2D eigenvalue weighted by atomic mass is 16.5. The molecule has 0 aromatic carbocycles. The van der Waals surface area contributed by atoms with E-state index in [1.54, 1.807) is 0 Å². The summed E-state index contributed by atoms with van der Waals surface area (Å²) in [4.78, 5) is 18.6. The molecular weight excluding hydrogens is 206 g/mol. The van der Waals surface area contributed by atoms with E-state index in [0.29, 0.717) is 30.0 Å². The maximum atomic E-state index is 11.6. The van der Waals surface area contributed by atoms with Crippen LogP contribution in [0.25, 0.3) is 0 Å². The maximum absolute atomic E-state index is 11.6. The van der Waals surface area contributed by atoms with Crippen molar-refractivity contribution in [2.75, 3.05) is 12.3 Å². The maximum Gasteiger partial charge on any atom is 0.256 e. The zero-order chi connectivity index (χ0) is 11.5. The van der Waals surface area contributed by atoms with Gasteiger partial charge in [-0.3, -0.25) is 4.79 Å². The lowest BCUT2D eigenvalue weighted by Crippen LogP contribution is -2.22. The Hall–Kier alpha value is -1.36. The van der Waals surface area contributed by atoms with Gasteiger partial charge in [-0.15, -0.1) is 0 Å². The molecule has 0 amide bonds. The Morgan fingerprint density at radius 1 is 1.62 bits per heavy atom. The first-order valence-corrected chi connectivity index (χ1v) is 5.70. The van der Waals surface area contributed by atoms with E-state index < -0.39 is 0 Å². The van der Waals surface area contributed by atoms with Gasteiger partial charge in [0.1, 0.15) is 11.6 Å². The highest BCUT2D eigenvalue weighted by Crippen LogP contribution is 2.15. The van der Waals surface area contributed by atoms with E-state index in [0.717, 1.165) is 19.4 Å². The number of rotatable bonds is 3. The number of ether oxygens (including phenoxy) is 1. The Labute approximate surface area is 94.0 Å². The van der Waals surface area contributed by atoms with Crippen LogP contribution >= 0.6 is 0 Å². The summed E-state index contributed by atoms with van der Waals surface area (Å²) in [7, 11) is 0. The Balaban J connectivity index is 2.19. The predicted molar refractivity (Wildman–Crippen MR) is 61.3 cm³/mol. The molecule has 0 saturated carbocycles. The first-order valence-electron chi connectivity index (χ1n) is 5.70. The molecule has 5 heteroatoms. The molecule has 1 unspecified atom stereocenters. The summed E-state index contributed by atoms with van der Waals surface area (Å²) < 4.78 is 5.49. The SMILES string of the molecule is CCc1c(N)nc(CC2CCCO2)[nH]c1=O. The first-order chi connectivity index (χ1) is 7.70. The summed E-state index contributed by atoms with van der Waals surface area (Å²) in [6.45, 7) is 2.69. The van der Waals surface area contributed by atoms with Gasteiger partial charge in [-0.05, 0) is 19.3 Å². The van der Waals surface area contributed by atoms with E-state index in [-0.39, 0.29) is 11.7 Å². The number of nitrogens with zero attached hydrogens (tertiary/aromatic N) is 1. The van der Waals surface area contributed by atoms with Crippen molar-refractivity contribution < 1.29 is 4.74 Å². The minimum Gasteiger partial charge on any atom is -0.383 e. The van der Waals surface area contributed by atoms with Gasteiger partial charge in [0.15, 0.2) is 0 Å². The van der Waals surface area contributed by atoms with Gasteiger partial charge in [0.2, 0.25) is 0 Å². The van der Waals surface area contributed by atoms with Crippen LogP contribution in [0.5, 0.6) is 0 Å². The number of nitrogens with one attached hydrogen (secondary N) is 1. The summed E-state index contributed by atoms with van der Waals surface area (Å²) in [6.07, 6.45) is 3.53. The average Bonchev–Trinajstić information content (AvgIpc) is 2.70. The lowest BCUT2D eigenvalue weighted by Gasteiger charge is -2.09. The van der Waals surface area contributed by atoms with Crippen molar-refractivity contribution in [2.24, 2.45) is 0 Å². The van der Waals surface area contributed by atoms with Crippen LogP contribution in [0.1, 0.15) is 31.2 Å². The molecule has 0 radical (unpaired) electrons. The van der Waals surface area contributed by atoms with E-state index in [9.17, 15) is 4.79 Å². The zero-order valence-corrected chi connectivity index (χ0v) is 9.45. The van der Waals surface area contributed by atoms with Crippen LogP contribution in [0.2, 0.25) is 0 Å². The van der Waals surface area contributed by atoms with Crippen molar-refractivity contribution in [3.05, 3.63) is 21.7 Å². The Morgan fingerprint density at radius 2 is 2.44 bits per heavy atom. The van der Waals surface area contributed by atoms with E-state index in [1.807, 2.05) is 6.92 Å². The summed E-state index contributed by atoms with van der Waals surface area (Å²) in [5.41, 5.74) is 6.18. The molecule has 1 saturated heterocycles. The van der Waals surface area contributed by atoms with Crippen LogP contribution < -0.4 is 11.3 Å². The van der Waals surface area contributed by atoms with Crippen LogP contribution in [0, 0.1) is 0 Å². The van der Waals surface area contributed by atoms with Crippen LogP contribution in [-0.2, 0) is 17.6 Å². The molecule has 1 aliphatic heterocycles. The molecule has 1 aromatic heterocycles. The number of hydrogen-bond donors (Lipinski definition) is 2. The predicted octanol–water partition coefficient (Wildman–Crippen LogP) is 0.636. The molecule has 1 fully saturated rings. The number of nitrogens with two attached hydrogens (primary N) is 1. The summed E-state index contributed by atoms with van der Waals surface area (Å²) in [5.74, 6) is 0.978. The van der Waals surface area contributed by atoms with Gasteiger partial charge in [-0.1, -0.05) is 6.92 Å². The minimum absolute atomic E-state index is 0.122. The van der Waals surface area contributed by atoms with Gasteiger partial charge in [0, 0.05) is 13.0 Å². The third kappa shape index (κ3) is 2.24. The van der Waals surface area contributed by atoms with Gasteiger partial charge in [0.05, 0.1) is 11.7 Å². The van der Waals surface area contributed by atoms with Crippen LogP contribution in [0.3, 0.4) is 0 Å². The molecule has 1 aliphatic rings. The number of aromatic amines is 1. The fourth-order valence-corrected chi connectivity index (χ4v) is 2.02. The zero-order valence-electron chi connectivity index (χ0n) is 9.45. The van der Waals surface area contributed by atoms with Gasteiger partial charge in [0.25, 0.3) is 5.56 Å². The van der Waals surface area contributed by atoms with E-state index in [4.69, 9.17) is 10.5 Å². The smallest absolute Gasteiger partial charge is 0.256 e. The van der Waals surface area contributed by atoms with Crippen molar-refractivity contribution in [3.63, 3.8) is 0 Å². The summed E-state index contributed by atoms with van der Waals surface area (Å²) >= 11 is 0. The quantitative estimate of drug-likeness (QED) is 0.787. The molecule has 2 rings (SSSR count). The van der Waals surface area contributed by atoms with Crippen molar-refractivity contribution >= 4 is 5.82 Å². The first kappa shape index (κ1) is 11.1. The number of nitrogen functional groups attached to an aromatic ring is 1. The van der Waals surface area contributed by atoms with Crippen LogP contribution in [0.15, 0.2) is 4.79 Å². The summed E-state index contributed by atoms with van der Waals surface area (Å²) in [5, 5.41) is 0. The molecule has 3 N–H and O–H groups in total. The second kappa shape index (κ2) is 4.65. The number of hydrogen-bond acceptors (Lipinski definition) is 4. The number of H-pyrrole nitrogens is 1. The van der Waals surface area contributed by atoms with E-state index in [1.165, 1.54) is 0 Å². The average molecular weight is 223 g/mol. The van der Waals surface area contributed by atoms with Crippen LogP contribution in [0.4, 0.5) is 5.82 Å². The monoisotopic (exact) mass is 223 g/mol. The topological polar surface area (TPSA) is 81.0 Å². The largest absolute Gasteiger partial charge is 0.383 e. The molecule has 0 spiro atoms. The highest BCUT2D eigenvalue weighted by Gasteiger charge is 2.18. The summed E-state index contributed by atoms with van der Waals surface area (Å²) in [6, 6.07) is 0. The second-order valence-electron chi connectivity index (χ2n) is 4.07. The highest BCUT2D eigenvalue weighted by molar-refractivity contribution is 5.37. The van der Waals surface area contributed by atoms with Gasteiger partial charge >= 0.3 is 0 Å². The fourth-order valence-electron chi connectivity index (χ4n) is 2.02. The number of aromatic nitrogens is 2. The minimum atomic E-state index is -0.122. The third-order valence-corrected chi connectivity index (χ3v) is 2.90. The van der Waals surface area contributed by atoms with Gasteiger partial charge < -0.3 is 15.5 Å². The molecule has 1 atom stereocenters. The van der Waals surface area contributed by atoms with Crippen molar-refractivity contribution in [3.8, 4) is 0 Å². The lowest BCUT2D eigenvalue weighted by atomic mass is 10.1. The fraction of sp³-hybridized carbons (Fsp3) is 0.636. The third-order valence-electron chi connectivity index (χ3n) is 2.90. The van der Waals surface area contributed by atoms with Crippen molar-refractivity contribution in [1.82, 2.24) is 9.97 Å². The Morgan fingerprint density at radius 3 is 3.00 bits per heavy atom. The molecule has 1 aromatic rings. The van der Waals surface area contributed by atoms with E-state index >= 15 is 0 Å². The van der Waals surface area contributed by atoms with Crippen LogP contribution in [-0.4, -0.2) is 22.7 Å². The Bertz CT molecular complexity index is 422. The molecule has 0 aliphatic carbocycles. The molecule has 16 heavy (non-hydrogen) atoms. The number of anilines is 1. The normalized spacial score (nSPS) is 20.2. The van der Waals surface area contributed by atoms with E-state index in [2.05, 4.69) is 9.97 Å². The van der Waals surface area contributed by atoms with Crippen molar-refractivity contribution in [1.29, 1.82) is 0 Å². The van der Waals surface area contributed by atoms with Gasteiger partial charge in [-0.25, -0.2) is 4.98 Å². The van der Waals surface area contributed by atoms with Crippen molar-refractivity contribution in [2.45, 2.75) is 38.7 Å². The van der Waals surface area contributed by atoms with Gasteiger partial charge in [-0.2, -0.15) is 0 Å². The Kier molecular flexibility index (Phi) is 3.24. The lowest BCUT2D eigenvalue weighted by molar-refractivity contribution is 0.110. The molecular formula is C11H17N3O2. The molecule has 5 nitrogen and oxygen atoms in total. The molecule has 88 valence electrons. The second-order valence-corrected chi connectivity index (χ2v) is 4.07. The molecule has 0 bridgehead atoms. The molecule has 2 heterocycles.